The van der Waals surface area contributed by atoms with Crippen molar-refractivity contribution >= 4 is 28.2 Å². The summed E-state index contributed by atoms with van der Waals surface area (Å²) in [5.41, 5.74) is 0. The Bertz CT molecular complexity index is 558. The number of hydrogen-bond donors (Lipinski definition) is 1. The zero-order chi connectivity index (χ0) is 11.8. The van der Waals surface area contributed by atoms with Gasteiger partial charge in [0.1, 0.15) is 11.0 Å². The molecule has 0 spiro atoms. The van der Waals surface area contributed by atoms with Crippen molar-refractivity contribution in [2.75, 3.05) is 18.0 Å². The van der Waals surface area contributed by atoms with Crippen molar-refractivity contribution in [2.45, 2.75) is 12.5 Å². The Kier molecular flexibility index (Phi) is 2.65. The predicted octanol–water partition coefficient (Wildman–Crippen LogP) is 2.46. The highest BCUT2D eigenvalue weighted by atomic mass is 35.5. The lowest BCUT2D eigenvalue weighted by Gasteiger charge is -2.17. The molecule has 1 fully saturated rings. The average molecular weight is 249 g/mol. The van der Waals surface area contributed by atoms with E-state index in [9.17, 15) is 5.11 Å². The van der Waals surface area contributed by atoms with Gasteiger partial charge in [0.25, 0.3) is 0 Å². The Hall–Kier alpha value is -1.32. The number of halogens is 1. The molecule has 1 N–H and O–H groups in total. The van der Waals surface area contributed by atoms with Gasteiger partial charge in [-0.1, -0.05) is 35.9 Å². The van der Waals surface area contributed by atoms with Gasteiger partial charge in [-0.15, -0.1) is 0 Å². The summed E-state index contributed by atoms with van der Waals surface area (Å²) in [6, 6.07) is 9.96. The van der Waals surface area contributed by atoms with Crippen LogP contribution in [0.4, 0.5) is 5.82 Å². The zero-order valence-corrected chi connectivity index (χ0v) is 10.1. The highest BCUT2D eigenvalue weighted by molar-refractivity contribution is 6.34. The molecule has 1 aliphatic heterocycles. The smallest absolute Gasteiger partial charge is 0.139 e. The SMILES string of the molecule is O[C@@H]1CCN(c2cc3ccccc3c(Cl)n2)C1. The first-order valence-electron chi connectivity index (χ1n) is 5.72. The van der Waals surface area contributed by atoms with E-state index in [4.69, 9.17) is 11.6 Å². The summed E-state index contributed by atoms with van der Waals surface area (Å²) in [5, 5.41) is 12.1. The van der Waals surface area contributed by atoms with Gasteiger partial charge in [-0.3, -0.25) is 0 Å². The fourth-order valence-corrected chi connectivity index (χ4v) is 2.51. The molecule has 3 rings (SSSR count). The van der Waals surface area contributed by atoms with Crippen molar-refractivity contribution in [2.24, 2.45) is 0 Å². The van der Waals surface area contributed by atoms with Crippen molar-refractivity contribution < 1.29 is 5.11 Å². The van der Waals surface area contributed by atoms with Gasteiger partial charge in [0, 0.05) is 18.5 Å². The largest absolute Gasteiger partial charge is 0.391 e. The van der Waals surface area contributed by atoms with Gasteiger partial charge in [0.05, 0.1) is 6.10 Å². The van der Waals surface area contributed by atoms with Crippen molar-refractivity contribution in [3.8, 4) is 0 Å². The molecule has 1 aliphatic rings. The van der Waals surface area contributed by atoms with Crippen molar-refractivity contribution in [1.29, 1.82) is 0 Å². The van der Waals surface area contributed by atoms with Gasteiger partial charge in [-0.25, -0.2) is 4.98 Å². The molecule has 0 radical (unpaired) electrons. The summed E-state index contributed by atoms with van der Waals surface area (Å²) in [6.45, 7) is 1.48. The normalized spacial score (nSPS) is 20.1. The van der Waals surface area contributed by atoms with E-state index in [1.807, 2.05) is 30.3 Å². The first-order valence-corrected chi connectivity index (χ1v) is 6.10. The number of pyridine rings is 1. The van der Waals surface area contributed by atoms with Gasteiger partial charge < -0.3 is 10.0 Å². The molecule has 1 aromatic heterocycles. The van der Waals surface area contributed by atoms with E-state index in [1.165, 1.54) is 0 Å². The third-order valence-corrected chi connectivity index (χ3v) is 3.46. The van der Waals surface area contributed by atoms with Crippen LogP contribution in [0.15, 0.2) is 30.3 Å². The molecule has 2 aromatic rings. The van der Waals surface area contributed by atoms with Crippen LogP contribution in [0, 0.1) is 0 Å². The van der Waals surface area contributed by atoms with E-state index in [1.54, 1.807) is 0 Å². The minimum absolute atomic E-state index is 0.248. The number of aromatic nitrogens is 1. The lowest BCUT2D eigenvalue weighted by molar-refractivity contribution is 0.198. The van der Waals surface area contributed by atoms with Crippen LogP contribution in [0.25, 0.3) is 10.8 Å². The topological polar surface area (TPSA) is 36.4 Å². The number of β-amino-alcohol motifs (C(OH)–C–C–N with tert-alkyl or cyclic N) is 1. The Balaban J connectivity index is 2.06. The van der Waals surface area contributed by atoms with E-state index in [0.29, 0.717) is 11.7 Å². The second-order valence-corrected chi connectivity index (χ2v) is 4.74. The molecular weight excluding hydrogens is 236 g/mol. The monoisotopic (exact) mass is 248 g/mol. The number of benzene rings is 1. The van der Waals surface area contributed by atoms with Gasteiger partial charge in [-0.05, 0) is 17.9 Å². The third-order valence-electron chi connectivity index (χ3n) is 3.17. The van der Waals surface area contributed by atoms with Crippen LogP contribution in [-0.4, -0.2) is 29.3 Å². The summed E-state index contributed by atoms with van der Waals surface area (Å²) >= 11 is 6.18. The van der Waals surface area contributed by atoms with E-state index in [-0.39, 0.29) is 6.10 Å². The second kappa shape index (κ2) is 4.17. The minimum Gasteiger partial charge on any atom is -0.391 e. The van der Waals surface area contributed by atoms with Crippen LogP contribution < -0.4 is 4.90 Å². The summed E-state index contributed by atoms with van der Waals surface area (Å²) in [5.74, 6) is 0.852. The predicted molar refractivity (Wildman–Crippen MR) is 69.6 cm³/mol. The molecule has 3 nitrogen and oxygen atoms in total. The first kappa shape index (κ1) is 10.8. The van der Waals surface area contributed by atoms with Gasteiger partial charge in [-0.2, -0.15) is 0 Å². The number of nitrogens with zero attached hydrogens (tertiary/aromatic N) is 2. The van der Waals surface area contributed by atoms with Crippen molar-refractivity contribution in [1.82, 2.24) is 4.98 Å². The molecule has 88 valence electrons. The number of hydrogen-bond acceptors (Lipinski definition) is 3. The number of fused-ring (bicyclic) bond motifs is 1. The van der Waals surface area contributed by atoms with Gasteiger partial charge >= 0.3 is 0 Å². The minimum atomic E-state index is -0.248. The maximum atomic E-state index is 9.54. The van der Waals surface area contributed by atoms with E-state index in [0.717, 1.165) is 29.6 Å². The summed E-state index contributed by atoms with van der Waals surface area (Å²) in [6.07, 6.45) is 0.550. The van der Waals surface area contributed by atoms with E-state index >= 15 is 0 Å². The third kappa shape index (κ3) is 1.96. The molecule has 0 bridgehead atoms. The Labute approximate surface area is 105 Å². The van der Waals surface area contributed by atoms with Crippen LogP contribution in [-0.2, 0) is 0 Å². The van der Waals surface area contributed by atoms with Gasteiger partial charge in [0.2, 0.25) is 0 Å². The van der Waals surface area contributed by atoms with Crippen molar-refractivity contribution in [3.63, 3.8) is 0 Å². The standard InChI is InChI=1S/C13H13ClN2O/c14-13-11-4-2-1-3-9(11)7-12(15-13)16-6-5-10(17)8-16/h1-4,7,10,17H,5-6,8H2/t10-/m1/s1. The number of anilines is 1. The molecule has 17 heavy (non-hydrogen) atoms. The molecule has 0 unspecified atom stereocenters. The van der Waals surface area contributed by atoms with E-state index in [2.05, 4.69) is 9.88 Å². The second-order valence-electron chi connectivity index (χ2n) is 4.38. The lowest BCUT2D eigenvalue weighted by Crippen LogP contribution is -2.22. The lowest BCUT2D eigenvalue weighted by atomic mass is 10.2. The summed E-state index contributed by atoms with van der Waals surface area (Å²) in [7, 11) is 0. The summed E-state index contributed by atoms with van der Waals surface area (Å²) in [4.78, 5) is 6.47. The number of aliphatic hydroxyl groups excluding tert-OH is 1. The zero-order valence-electron chi connectivity index (χ0n) is 9.31. The Morgan fingerprint density at radius 3 is 2.94 bits per heavy atom. The molecule has 1 aromatic carbocycles. The molecule has 2 heterocycles. The van der Waals surface area contributed by atoms with Crippen LogP contribution in [0.1, 0.15) is 6.42 Å². The average Bonchev–Trinajstić information content (AvgIpc) is 2.76. The van der Waals surface area contributed by atoms with Crippen LogP contribution in [0.5, 0.6) is 0 Å². The maximum absolute atomic E-state index is 9.54. The molecule has 1 atom stereocenters. The molecule has 4 heteroatoms. The van der Waals surface area contributed by atoms with Crippen LogP contribution >= 0.6 is 11.6 Å². The van der Waals surface area contributed by atoms with Crippen molar-refractivity contribution in [3.05, 3.63) is 35.5 Å². The number of rotatable bonds is 1. The molecular formula is C13H13ClN2O. The van der Waals surface area contributed by atoms with Gasteiger partial charge in [0.15, 0.2) is 0 Å². The molecule has 0 amide bonds. The number of aliphatic hydroxyl groups is 1. The quantitative estimate of drug-likeness (QED) is 0.788. The maximum Gasteiger partial charge on any atom is 0.139 e. The Morgan fingerprint density at radius 1 is 1.35 bits per heavy atom. The summed E-state index contributed by atoms with van der Waals surface area (Å²) < 4.78 is 0. The highest BCUT2D eigenvalue weighted by Crippen LogP contribution is 2.27. The van der Waals surface area contributed by atoms with Crippen LogP contribution in [0.3, 0.4) is 0 Å². The molecule has 1 saturated heterocycles. The fourth-order valence-electron chi connectivity index (χ4n) is 2.25. The molecule has 0 aliphatic carbocycles. The molecule has 0 saturated carbocycles. The highest BCUT2D eigenvalue weighted by Gasteiger charge is 2.21. The van der Waals surface area contributed by atoms with Crippen LogP contribution in [0.2, 0.25) is 5.15 Å². The fraction of sp³-hybridized carbons (Fsp3) is 0.308. The van der Waals surface area contributed by atoms with E-state index < -0.39 is 0 Å². The first-order chi connectivity index (χ1) is 8.24. The Morgan fingerprint density at radius 2 is 2.18 bits per heavy atom.